The Kier molecular flexibility index (Phi) is 67.2. The van der Waals surface area contributed by atoms with Crippen molar-refractivity contribution in [3.8, 4) is 0 Å². The molecule has 0 saturated carbocycles. The second kappa shape index (κ2) is 70.7. The molecule has 1 fully saturated rings. The van der Waals surface area contributed by atoms with E-state index in [0.29, 0.717) is 19.4 Å². The Hall–Kier alpha value is -2.64. The first-order chi connectivity index (χ1) is 45.7. The molecule has 0 aromatic carbocycles. The maximum atomic E-state index is 13.1. The summed E-state index contributed by atoms with van der Waals surface area (Å²) in [6, 6.07) is -0.826. The van der Waals surface area contributed by atoms with E-state index in [9.17, 15) is 35.1 Å². The normalized spacial score (nSPS) is 17.8. The van der Waals surface area contributed by atoms with Gasteiger partial charge in [-0.1, -0.05) is 331 Å². The van der Waals surface area contributed by atoms with E-state index in [1.54, 1.807) is 6.08 Å². The van der Waals surface area contributed by atoms with Crippen LogP contribution in [0.2, 0.25) is 0 Å². The van der Waals surface area contributed by atoms with Gasteiger partial charge in [0.2, 0.25) is 5.91 Å². The molecule has 11 nitrogen and oxygen atoms in total. The van der Waals surface area contributed by atoms with E-state index in [-0.39, 0.29) is 18.5 Å². The van der Waals surface area contributed by atoms with Gasteiger partial charge >= 0.3 is 5.97 Å². The van der Waals surface area contributed by atoms with Gasteiger partial charge in [0, 0.05) is 12.8 Å². The zero-order valence-corrected chi connectivity index (χ0v) is 60.7. The number of aliphatic hydroxyl groups is 5. The van der Waals surface area contributed by atoms with Crippen LogP contribution < -0.4 is 5.32 Å². The average Bonchev–Trinajstić information content (AvgIpc) is 0.955. The smallest absolute Gasteiger partial charge is 0.305 e. The Morgan fingerprint density at radius 1 is 0.398 bits per heavy atom. The lowest BCUT2D eigenvalue weighted by atomic mass is 9.99. The number of rotatable bonds is 71. The van der Waals surface area contributed by atoms with Gasteiger partial charge in [0.05, 0.1) is 32.0 Å². The molecule has 0 bridgehead atoms. The molecule has 7 unspecified atom stereocenters. The van der Waals surface area contributed by atoms with E-state index in [1.807, 2.05) is 6.08 Å². The summed E-state index contributed by atoms with van der Waals surface area (Å²) < 4.78 is 16.7. The van der Waals surface area contributed by atoms with Crippen molar-refractivity contribution in [2.75, 3.05) is 19.8 Å². The molecule has 1 aliphatic heterocycles. The predicted octanol–water partition coefficient (Wildman–Crippen LogP) is 21.6. The molecule has 0 aromatic rings. The van der Waals surface area contributed by atoms with Crippen molar-refractivity contribution in [1.82, 2.24) is 5.32 Å². The number of ether oxygens (including phenoxy) is 3. The molecule has 1 aliphatic rings. The molecule has 0 spiro atoms. The fourth-order valence-corrected chi connectivity index (χ4v) is 12.5. The van der Waals surface area contributed by atoms with Gasteiger partial charge in [-0.2, -0.15) is 0 Å². The standard InChI is InChI=1S/C82H151NO10/c1-3-5-7-9-11-13-15-17-45-48-52-56-60-64-68-75(85)74(73-92-82-81(90)80(89)79(88)76(72-84)93-82)83-77(86)69-65-61-57-53-49-46-43-41-39-37-35-33-31-29-27-25-23-21-19-18-20-22-24-26-28-30-32-34-36-38-40-42-44-47-51-55-59-63-67-71-91-78(87)70-66-62-58-54-50-16-14-12-10-8-6-4-2/h12,14,18-19,22,24,48,52,64,68,74-76,79-82,84-85,88-90H,3-11,13,15-17,20-21,23,25-47,49-51,53-63,65-67,69-73H2,1-2H3,(H,83,86)/b14-12-,19-18-,24-22-,52-48+,68-64+. The summed E-state index contributed by atoms with van der Waals surface area (Å²) in [5, 5.41) is 54.6. The van der Waals surface area contributed by atoms with Crippen molar-refractivity contribution in [2.24, 2.45) is 0 Å². The molecule has 7 atom stereocenters. The highest BCUT2D eigenvalue weighted by Crippen LogP contribution is 2.24. The molecule has 1 heterocycles. The van der Waals surface area contributed by atoms with Crippen molar-refractivity contribution >= 4 is 11.9 Å². The Morgan fingerprint density at radius 2 is 0.731 bits per heavy atom. The van der Waals surface area contributed by atoms with E-state index >= 15 is 0 Å². The Morgan fingerprint density at radius 3 is 1.15 bits per heavy atom. The lowest BCUT2D eigenvalue weighted by Crippen LogP contribution is -2.60. The van der Waals surface area contributed by atoms with Gasteiger partial charge in [0.25, 0.3) is 0 Å². The van der Waals surface area contributed by atoms with Crippen LogP contribution in [0.3, 0.4) is 0 Å². The first-order valence-electron chi connectivity index (χ1n) is 40.1. The second-order valence-corrected chi connectivity index (χ2v) is 27.7. The van der Waals surface area contributed by atoms with Crippen molar-refractivity contribution in [3.05, 3.63) is 60.8 Å². The monoisotopic (exact) mass is 1310 g/mol. The number of carbonyl (C=O) groups is 2. The van der Waals surface area contributed by atoms with E-state index in [4.69, 9.17) is 14.2 Å². The third-order valence-electron chi connectivity index (χ3n) is 18.8. The number of aliphatic hydroxyl groups excluding tert-OH is 5. The highest BCUT2D eigenvalue weighted by molar-refractivity contribution is 5.76. The topological polar surface area (TPSA) is 175 Å². The third-order valence-corrected chi connectivity index (χ3v) is 18.8. The molecule has 1 rings (SSSR count). The average molecular weight is 1310 g/mol. The van der Waals surface area contributed by atoms with Crippen LogP contribution >= 0.6 is 0 Å². The SMILES string of the molecule is CCCCC/C=C\CCCCCCCC(=O)OCCCCCCCCCCCCCCCCC/C=C\C/C=C\CCCCCCCCCCCCCCCCCCCC(=O)NC(COC1OC(CO)C(O)C(O)C1O)C(O)/C=C/CC/C=C/CCCCCCCCCC. The summed E-state index contributed by atoms with van der Waals surface area (Å²) in [7, 11) is 0. The van der Waals surface area contributed by atoms with E-state index < -0.39 is 49.5 Å². The number of allylic oxidation sites excluding steroid dienone is 9. The van der Waals surface area contributed by atoms with Gasteiger partial charge < -0.3 is 45.1 Å². The number of hydrogen-bond acceptors (Lipinski definition) is 10. The fraction of sp³-hybridized carbons (Fsp3) is 0.854. The van der Waals surface area contributed by atoms with E-state index in [0.717, 1.165) is 64.2 Å². The molecule has 0 radical (unpaired) electrons. The van der Waals surface area contributed by atoms with E-state index in [1.165, 1.54) is 295 Å². The van der Waals surface area contributed by atoms with Crippen LogP contribution in [0.5, 0.6) is 0 Å². The first kappa shape index (κ1) is 88.4. The summed E-state index contributed by atoms with van der Waals surface area (Å²) in [5.41, 5.74) is 0. The molecule has 93 heavy (non-hydrogen) atoms. The Labute approximate surface area is 573 Å². The summed E-state index contributed by atoms with van der Waals surface area (Å²) in [6.45, 7) is 4.34. The van der Waals surface area contributed by atoms with Crippen LogP contribution in [0.25, 0.3) is 0 Å². The van der Waals surface area contributed by atoms with Crippen LogP contribution in [-0.2, 0) is 23.8 Å². The van der Waals surface area contributed by atoms with Gasteiger partial charge in [0.1, 0.15) is 24.4 Å². The quantitative estimate of drug-likeness (QED) is 0.0195. The predicted molar refractivity (Wildman–Crippen MR) is 393 cm³/mol. The van der Waals surface area contributed by atoms with Crippen LogP contribution in [0.1, 0.15) is 386 Å². The first-order valence-corrected chi connectivity index (χ1v) is 40.1. The lowest BCUT2D eigenvalue weighted by molar-refractivity contribution is -0.302. The summed E-state index contributed by atoms with van der Waals surface area (Å²) >= 11 is 0. The maximum absolute atomic E-state index is 13.1. The van der Waals surface area contributed by atoms with Crippen LogP contribution in [0.4, 0.5) is 0 Å². The van der Waals surface area contributed by atoms with Crippen molar-refractivity contribution < 1.29 is 49.3 Å². The van der Waals surface area contributed by atoms with Gasteiger partial charge in [0.15, 0.2) is 6.29 Å². The number of amides is 1. The summed E-state index contributed by atoms with van der Waals surface area (Å²) in [6.07, 6.45) is 85.4. The fourth-order valence-electron chi connectivity index (χ4n) is 12.5. The largest absolute Gasteiger partial charge is 0.466 e. The van der Waals surface area contributed by atoms with Gasteiger partial charge in [-0.15, -0.1) is 0 Å². The number of hydrogen-bond donors (Lipinski definition) is 6. The van der Waals surface area contributed by atoms with Crippen LogP contribution in [0.15, 0.2) is 60.8 Å². The third kappa shape index (κ3) is 59.2. The zero-order chi connectivity index (χ0) is 67.2. The van der Waals surface area contributed by atoms with Crippen LogP contribution in [-0.4, -0.2) is 100 Å². The van der Waals surface area contributed by atoms with Crippen molar-refractivity contribution in [3.63, 3.8) is 0 Å². The molecule has 1 amide bonds. The summed E-state index contributed by atoms with van der Waals surface area (Å²) in [5.74, 6) is -0.183. The highest BCUT2D eigenvalue weighted by atomic mass is 16.7. The minimum Gasteiger partial charge on any atom is -0.466 e. The molecule has 1 saturated heterocycles. The minimum atomic E-state index is -1.58. The Balaban J connectivity index is 1.93. The maximum Gasteiger partial charge on any atom is 0.305 e. The highest BCUT2D eigenvalue weighted by Gasteiger charge is 2.44. The number of carbonyl (C=O) groups excluding carboxylic acids is 2. The lowest BCUT2D eigenvalue weighted by Gasteiger charge is -2.40. The number of unbranched alkanes of at least 4 members (excludes halogenated alkanes) is 49. The Bertz CT molecular complexity index is 1730. The van der Waals surface area contributed by atoms with Crippen LogP contribution in [0, 0.1) is 0 Å². The molecule has 544 valence electrons. The molecule has 0 aliphatic carbocycles. The van der Waals surface area contributed by atoms with Gasteiger partial charge in [-0.25, -0.2) is 0 Å². The van der Waals surface area contributed by atoms with Crippen molar-refractivity contribution in [1.29, 1.82) is 0 Å². The van der Waals surface area contributed by atoms with E-state index in [2.05, 4.69) is 67.8 Å². The number of nitrogens with one attached hydrogen (secondary N) is 1. The molecular weight excluding hydrogens is 1160 g/mol. The molecular formula is C82H151NO10. The second-order valence-electron chi connectivity index (χ2n) is 27.7. The summed E-state index contributed by atoms with van der Waals surface area (Å²) in [4.78, 5) is 25.1. The zero-order valence-electron chi connectivity index (χ0n) is 60.7. The minimum absolute atomic E-state index is 0.00440. The number of esters is 1. The van der Waals surface area contributed by atoms with Gasteiger partial charge in [-0.3, -0.25) is 9.59 Å². The van der Waals surface area contributed by atoms with Gasteiger partial charge in [-0.05, 0) is 103 Å². The molecule has 11 heteroatoms. The molecule has 0 aromatic heterocycles. The van der Waals surface area contributed by atoms with Crippen molar-refractivity contribution in [2.45, 2.75) is 429 Å². The molecule has 6 N–H and O–H groups in total.